The standard InChI is InChI=1S/C36H53N7O6.3CH4.3H2S/c1-5-10-25(29(44)34(48)39-23-15-16-23)40-33(47)28-24-14-9-13-22(24)20-43(28)35(49)30(36(2,3)4)42-32(46)27(21-11-7-6-8-12-21)41-31(45)26-19-37-17-18-38-26;;;;;;/h17-19,21-25,27-28,30H,5-16,20H2,1-4H3,(H,39,48)(H,40,47)(H,41,45)(H,42,46);3*1H4;3*1H2/t22-,24+,25-,27+,28-,30+;;;;;;/m1....../s1. The van der Waals surface area contributed by atoms with Crippen LogP contribution in [-0.4, -0.2) is 86.9 Å². The van der Waals surface area contributed by atoms with E-state index in [1.807, 2.05) is 27.7 Å². The van der Waals surface area contributed by atoms with Crippen LogP contribution in [0.25, 0.3) is 0 Å². The molecule has 1 aliphatic heterocycles. The van der Waals surface area contributed by atoms with Crippen molar-refractivity contribution in [1.82, 2.24) is 36.1 Å². The maximum absolute atomic E-state index is 14.6. The lowest BCUT2D eigenvalue weighted by Crippen LogP contribution is -2.62. The molecule has 0 aromatic carbocycles. The fourth-order valence-electron chi connectivity index (χ4n) is 7.87. The Morgan fingerprint density at radius 1 is 0.836 bits per heavy atom. The van der Waals surface area contributed by atoms with E-state index in [2.05, 4.69) is 31.2 Å². The predicted molar refractivity (Wildman–Crippen MR) is 232 cm³/mol. The van der Waals surface area contributed by atoms with Gasteiger partial charge < -0.3 is 26.2 Å². The topological polar surface area (TPSA) is 180 Å². The smallest absolute Gasteiger partial charge is 0.289 e. The number of nitrogens with zero attached hydrogens (tertiary/aromatic N) is 3. The van der Waals surface area contributed by atoms with Crippen molar-refractivity contribution < 1.29 is 28.8 Å². The van der Waals surface area contributed by atoms with Crippen molar-refractivity contribution in [2.45, 2.75) is 157 Å². The molecule has 2 heterocycles. The molecule has 16 heteroatoms. The third-order valence-corrected chi connectivity index (χ3v) is 10.7. The first kappa shape index (κ1) is 54.3. The number of fused-ring (bicyclic) bond motifs is 1. The van der Waals surface area contributed by atoms with Crippen LogP contribution in [0.1, 0.15) is 138 Å². The Bertz CT molecular complexity index is 1410. The van der Waals surface area contributed by atoms with E-state index >= 15 is 0 Å². The van der Waals surface area contributed by atoms with Gasteiger partial charge in [-0.15, -0.1) is 0 Å². The van der Waals surface area contributed by atoms with Crippen LogP contribution in [-0.2, 0) is 24.0 Å². The lowest BCUT2D eigenvalue weighted by Gasteiger charge is -2.38. The number of hydrogen-bond donors (Lipinski definition) is 4. The molecule has 1 aromatic rings. The minimum absolute atomic E-state index is 0. The summed E-state index contributed by atoms with van der Waals surface area (Å²) in [6.45, 7) is 7.85. The van der Waals surface area contributed by atoms with Crippen molar-refractivity contribution in [3.05, 3.63) is 24.3 Å². The van der Waals surface area contributed by atoms with E-state index in [-0.39, 0.29) is 98.2 Å². The van der Waals surface area contributed by atoms with Crippen LogP contribution in [0.15, 0.2) is 18.6 Å². The van der Waals surface area contributed by atoms with Gasteiger partial charge in [0.05, 0.1) is 12.2 Å². The molecule has 55 heavy (non-hydrogen) atoms. The molecule has 0 spiro atoms. The molecule has 4 aliphatic rings. The normalized spacial score (nSPS) is 21.6. The molecular formula is C39H71N7O6S3. The number of hydrogen-bond acceptors (Lipinski definition) is 8. The van der Waals surface area contributed by atoms with E-state index in [1.165, 1.54) is 18.6 Å². The average molecular weight is 830 g/mol. The zero-order valence-electron chi connectivity index (χ0n) is 30.8. The van der Waals surface area contributed by atoms with E-state index in [9.17, 15) is 28.8 Å². The average Bonchev–Trinajstić information content (AvgIpc) is 3.65. The second-order valence-corrected chi connectivity index (χ2v) is 15.5. The number of likely N-dealkylation sites (tertiary alicyclic amines) is 1. The molecule has 3 aliphatic carbocycles. The summed E-state index contributed by atoms with van der Waals surface area (Å²) in [5, 5.41) is 11.5. The maximum atomic E-state index is 14.6. The summed E-state index contributed by atoms with van der Waals surface area (Å²) in [5.74, 6) is -3.20. The van der Waals surface area contributed by atoms with Gasteiger partial charge >= 0.3 is 0 Å². The van der Waals surface area contributed by atoms with Gasteiger partial charge in [0.1, 0.15) is 23.8 Å². The Balaban J connectivity index is 0. The molecule has 316 valence electrons. The first-order valence-corrected chi connectivity index (χ1v) is 18.2. The number of amides is 5. The summed E-state index contributed by atoms with van der Waals surface area (Å²) < 4.78 is 0. The first-order valence-electron chi connectivity index (χ1n) is 18.2. The lowest BCUT2D eigenvalue weighted by atomic mass is 9.82. The molecule has 1 aromatic heterocycles. The Morgan fingerprint density at radius 3 is 2.05 bits per heavy atom. The van der Waals surface area contributed by atoms with Gasteiger partial charge in [0.15, 0.2) is 0 Å². The van der Waals surface area contributed by atoms with E-state index in [1.54, 1.807) is 4.90 Å². The zero-order valence-corrected chi connectivity index (χ0v) is 33.8. The predicted octanol–water partition coefficient (Wildman–Crippen LogP) is 4.69. The van der Waals surface area contributed by atoms with Gasteiger partial charge in [-0.25, -0.2) is 4.98 Å². The highest BCUT2D eigenvalue weighted by Crippen LogP contribution is 2.43. The molecule has 13 nitrogen and oxygen atoms in total. The van der Waals surface area contributed by atoms with Crippen molar-refractivity contribution in [2.75, 3.05) is 6.54 Å². The zero-order chi connectivity index (χ0) is 35.3. The summed E-state index contributed by atoms with van der Waals surface area (Å²) >= 11 is 0. The van der Waals surface area contributed by atoms with Crippen molar-refractivity contribution in [2.24, 2.45) is 23.2 Å². The van der Waals surface area contributed by atoms with Crippen molar-refractivity contribution >= 4 is 75.8 Å². The molecule has 5 rings (SSSR count). The Kier molecular flexibility index (Phi) is 23.7. The SMILES string of the molecule is C.C.C.CCC[C@@H](NC(=O)[C@H]1[C@H]2CCC[C@@H]2CN1C(=O)[C@H](NC(=O)[C@@H](NC(=O)c1cnccn1)C1CCCCC1)C(C)(C)C)C(=O)C(=O)NC1CC1.S.S.S. The van der Waals surface area contributed by atoms with Crippen LogP contribution in [0.3, 0.4) is 0 Å². The second kappa shape index (κ2) is 24.0. The minimum atomic E-state index is -0.994. The third kappa shape index (κ3) is 13.6. The second-order valence-electron chi connectivity index (χ2n) is 15.5. The van der Waals surface area contributed by atoms with Crippen LogP contribution >= 0.6 is 40.5 Å². The van der Waals surface area contributed by atoms with Crippen molar-refractivity contribution in [3.8, 4) is 0 Å². The quantitative estimate of drug-likeness (QED) is 0.207. The largest absolute Gasteiger partial charge is 0.347 e. The highest BCUT2D eigenvalue weighted by atomic mass is 32.1. The van der Waals surface area contributed by atoms with Gasteiger partial charge in [0, 0.05) is 25.0 Å². The van der Waals surface area contributed by atoms with E-state index in [4.69, 9.17) is 0 Å². The number of rotatable bonds is 13. The Hall–Kier alpha value is -2.85. The molecule has 1 saturated heterocycles. The van der Waals surface area contributed by atoms with E-state index in [0.29, 0.717) is 19.4 Å². The molecule has 0 bridgehead atoms. The van der Waals surface area contributed by atoms with Crippen LogP contribution in [0.4, 0.5) is 0 Å². The Morgan fingerprint density at radius 2 is 1.49 bits per heavy atom. The van der Waals surface area contributed by atoms with E-state index in [0.717, 1.165) is 64.2 Å². The summed E-state index contributed by atoms with van der Waals surface area (Å²) in [4.78, 5) is 91.4. The molecule has 3 saturated carbocycles. The van der Waals surface area contributed by atoms with Crippen LogP contribution in [0.5, 0.6) is 0 Å². The molecule has 0 radical (unpaired) electrons. The van der Waals surface area contributed by atoms with Gasteiger partial charge in [-0.2, -0.15) is 40.5 Å². The summed E-state index contributed by atoms with van der Waals surface area (Å²) in [7, 11) is 0. The minimum Gasteiger partial charge on any atom is -0.347 e. The van der Waals surface area contributed by atoms with Crippen LogP contribution in [0.2, 0.25) is 0 Å². The molecule has 6 atom stereocenters. The first-order chi connectivity index (χ1) is 23.4. The van der Waals surface area contributed by atoms with Gasteiger partial charge in [0.25, 0.3) is 11.8 Å². The van der Waals surface area contributed by atoms with E-state index < -0.39 is 59.0 Å². The molecular weight excluding hydrogens is 759 g/mol. The summed E-state index contributed by atoms with van der Waals surface area (Å²) in [6, 6.07) is -3.68. The van der Waals surface area contributed by atoms with Crippen molar-refractivity contribution in [1.29, 1.82) is 0 Å². The van der Waals surface area contributed by atoms with Gasteiger partial charge in [-0.3, -0.25) is 33.8 Å². The summed E-state index contributed by atoms with van der Waals surface area (Å²) in [6.07, 6.45) is 13.9. The van der Waals surface area contributed by atoms with Gasteiger partial charge in [-0.05, 0) is 68.1 Å². The van der Waals surface area contributed by atoms with Crippen LogP contribution in [0, 0.1) is 23.2 Å². The summed E-state index contributed by atoms with van der Waals surface area (Å²) in [5.41, 5.74) is -0.638. The molecule has 0 unspecified atom stereocenters. The third-order valence-electron chi connectivity index (χ3n) is 10.7. The maximum Gasteiger partial charge on any atom is 0.289 e. The number of Topliss-reactive ketones (excluding diaryl/α,β-unsaturated/α-hetero) is 1. The highest BCUT2D eigenvalue weighted by molar-refractivity contribution is 7.59. The number of carbonyl (C=O) groups is 6. The monoisotopic (exact) mass is 829 g/mol. The Labute approximate surface area is 350 Å². The van der Waals surface area contributed by atoms with Crippen LogP contribution < -0.4 is 21.3 Å². The highest BCUT2D eigenvalue weighted by Gasteiger charge is 2.52. The molecule has 4 fully saturated rings. The lowest BCUT2D eigenvalue weighted by molar-refractivity contribution is -0.146. The van der Waals surface area contributed by atoms with Crippen molar-refractivity contribution in [3.63, 3.8) is 0 Å². The molecule has 5 amide bonds. The van der Waals surface area contributed by atoms with Gasteiger partial charge in [-0.1, -0.05) is 82.1 Å². The number of aromatic nitrogens is 2. The number of ketones is 1. The number of carbonyl (C=O) groups excluding carboxylic acids is 6. The fraction of sp³-hybridized carbons (Fsp3) is 0.744. The fourth-order valence-corrected chi connectivity index (χ4v) is 7.87. The van der Waals surface area contributed by atoms with Gasteiger partial charge in [0.2, 0.25) is 23.5 Å². The molecule has 4 N–H and O–H groups in total. The number of nitrogens with one attached hydrogen (secondary N) is 4.